The van der Waals surface area contributed by atoms with Crippen LogP contribution in [0, 0.1) is 0 Å². The second kappa shape index (κ2) is 9.99. The highest BCUT2D eigenvalue weighted by molar-refractivity contribution is 5.89. The zero-order valence-corrected chi connectivity index (χ0v) is 19.5. The molecule has 0 aliphatic carbocycles. The molecular weight excluding hydrogens is 390 g/mol. The normalized spacial score (nSPS) is 11.8. The molecule has 0 aliphatic heterocycles. The minimum absolute atomic E-state index is 0.0987. The predicted octanol–water partition coefficient (Wildman–Crippen LogP) is 4.89. The van der Waals surface area contributed by atoms with Crippen molar-refractivity contribution in [2.24, 2.45) is 0 Å². The number of amides is 1. The van der Waals surface area contributed by atoms with Crippen LogP contribution in [0.25, 0.3) is 0 Å². The quantitative estimate of drug-likeness (QED) is 0.489. The molecule has 2 aromatic carbocycles. The third-order valence-corrected chi connectivity index (χ3v) is 5.09. The van der Waals surface area contributed by atoms with Crippen molar-refractivity contribution < 1.29 is 19.4 Å². The monoisotopic (exact) mass is 425 g/mol. The summed E-state index contributed by atoms with van der Waals surface area (Å²) in [4.78, 5) is 24.2. The first-order valence-corrected chi connectivity index (χ1v) is 10.8. The van der Waals surface area contributed by atoms with Gasteiger partial charge in [-0.1, -0.05) is 71.9 Å². The van der Waals surface area contributed by atoms with E-state index in [-0.39, 0.29) is 29.9 Å². The molecule has 0 fully saturated rings. The Morgan fingerprint density at radius 3 is 2.00 bits per heavy atom. The van der Waals surface area contributed by atoms with E-state index in [4.69, 9.17) is 4.74 Å². The summed E-state index contributed by atoms with van der Waals surface area (Å²) in [6, 6.07) is 12.8. The average molecular weight is 426 g/mol. The molecule has 1 amide bonds. The van der Waals surface area contributed by atoms with Crippen molar-refractivity contribution in [2.45, 2.75) is 65.2 Å². The van der Waals surface area contributed by atoms with Crippen LogP contribution in [0.3, 0.4) is 0 Å². The number of carbonyl (C=O) groups is 2. The molecule has 0 aliphatic rings. The van der Waals surface area contributed by atoms with Crippen LogP contribution in [0.2, 0.25) is 0 Å². The van der Waals surface area contributed by atoms with Crippen LogP contribution < -0.4 is 5.32 Å². The maximum atomic E-state index is 12.3. The van der Waals surface area contributed by atoms with Gasteiger partial charge >= 0.3 is 5.97 Å². The lowest BCUT2D eigenvalue weighted by molar-refractivity contribution is -0.121. The van der Waals surface area contributed by atoms with E-state index < -0.39 is 5.97 Å². The maximum Gasteiger partial charge on any atom is 0.338 e. The van der Waals surface area contributed by atoms with Crippen LogP contribution >= 0.6 is 0 Å². The smallest absolute Gasteiger partial charge is 0.338 e. The third kappa shape index (κ3) is 7.12. The van der Waals surface area contributed by atoms with Gasteiger partial charge in [0.2, 0.25) is 5.91 Å². The van der Waals surface area contributed by atoms with Crippen LogP contribution in [0.1, 0.15) is 75.0 Å². The van der Waals surface area contributed by atoms with Gasteiger partial charge in [0.1, 0.15) is 12.4 Å². The van der Waals surface area contributed by atoms with Gasteiger partial charge in [0.05, 0.1) is 12.1 Å². The van der Waals surface area contributed by atoms with Gasteiger partial charge < -0.3 is 15.2 Å². The molecular formula is C26H35NO4. The standard InChI is InChI=1S/C26H35NO4/c1-25(2,3)20-16-18(17-21(23(20)29)26(4,5)6)12-13-22(28)27-14-15-31-24(30)19-10-8-7-9-11-19/h7-11,16-17,29H,12-15H2,1-6H3,(H,27,28). The van der Waals surface area contributed by atoms with Crippen LogP contribution in [-0.2, 0) is 26.8 Å². The molecule has 0 saturated carbocycles. The predicted molar refractivity (Wildman–Crippen MR) is 124 cm³/mol. The molecule has 2 N–H and O–H groups in total. The van der Waals surface area contributed by atoms with E-state index in [1.807, 2.05) is 18.2 Å². The summed E-state index contributed by atoms with van der Waals surface area (Å²) in [5.41, 5.74) is 2.89. The molecule has 0 radical (unpaired) electrons. The van der Waals surface area contributed by atoms with Crippen molar-refractivity contribution >= 4 is 11.9 Å². The van der Waals surface area contributed by atoms with E-state index in [0.29, 0.717) is 24.2 Å². The minimum atomic E-state index is -0.400. The first-order valence-electron chi connectivity index (χ1n) is 10.8. The number of nitrogens with one attached hydrogen (secondary N) is 1. The number of hydrogen-bond donors (Lipinski definition) is 2. The van der Waals surface area contributed by atoms with Crippen LogP contribution in [0.4, 0.5) is 0 Å². The Labute approximate surface area is 185 Å². The summed E-state index contributed by atoms with van der Waals surface area (Å²) in [5.74, 6) is -0.157. The molecule has 0 bridgehead atoms. The third-order valence-electron chi connectivity index (χ3n) is 5.09. The lowest BCUT2D eigenvalue weighted by Crippen LogP contribution is -2.28. The summed E-state index contributed by atoms with van der Waals surface area (Å²) in [6.45, 7) is 12.8. The number of aryl methyl sites for hydroxylation is 1. The number of esters is 1. The number of phenolic OH excluding ortho intramolecular Hbond substituents is 1. The van der Waals surface area contributed by atoms with Crippen molar-refractivity contribution in [3.63, 3.8) is 0 Å². The van der Waals surface area contributed by atoms with Crippen LogP contribution in [0.5, 0.6) is 5.75 Å². The number of benzene rings is 2. The second-order valence-electron chi connectivity index (χ2n) is 9.89. The lowest BCUT2D eigenvalue weighted by Gasteiger charge is -2.28. The largest absolute Gasteiger partial charge is 0.507 e. The maximum absolute atomic E-state index is 12.3. The molecule has 0 atom stereocenters. The zero-order chi connectivity index (χ0) is 23.2. The molecule has 0 unspecified atom stereocenters. The van der Waals surface area contributed by atoms with E-state index in [1.54, 1.807) is 24.3 Å². The molecule has 5 heteroatoms. The van der Waals surface area contributed by atoms with E-state index in [9.17, 15) is 14.7 Å². The van der Waals surface area contributed by atoms with E-state index in [1.165, 1.54) is 0 Å². The number of aromatic hydroxyl groups is 1. The Bertz CT molecular complexity index is 870. The number of rotatable bonds is 7. The topological polar surface area (TPSA) is 75.6 Å². The van der Waals surface area contributed by atoms with Crippen molar-refractivity contribution in [3.8, 4) is 5.75 Å². The lowest BCUT2D eigenvalue weighted by atomic mass is 9.78. The van der Waals surface area contributed by atoms with E-state index in [0.717, 1.165) is 16.7 Å². The number of phenols is 1. The fourth-order valence-electron chi connectivity index (χ4n) is 3.32. The van der Waals surface area contributed by atoms with Gasteiger partial charge in [-0.2, -0.15) is 0 Å². The minimum Gasteiger partial charge on any atom is -0.507 e. The van der Waals surface area contributed by atoms with Gasteiger partial charge in [0, 0.05) is 6.42 Å². The molecule has 5 nitrogen and oxygen atoms in total. The summed E-state index contributed by atoms with van der Waals surface area (Å²) in [6.07, 6.45) is 0.895. The Morgan fingerprint density at radius 2 is 1.48 bits per heavy atom. The SMILES string of the molecule is CC(C)(C)c1cc(CCC(=O)NCCOC(=O)c2ccccc2)cc(C(C)(C)C)c1O. The fraction of sp³-hybridized carbons (Fsp3) is 0.462. The van der Waals surface area contributed by atoms with Crippen molar-refractivity contribution in [2.75, 3.05) is 13.2 Å². The Hall–Kier alpha value is -2.82. The summed E-state index contributed by atoms with van der Waals surface area (Å²) < 4.78 is 5.18. The van der Waals surface area contributed by atoms with Gasteiger partial charge in [-0.3, -0.25) is 4.79 Å². The number of carbonyl (C=O) groups excluding carboxylic acids is 2. The number of ether oxygens (including phenoxy) is 1. The van der Waals surface area contributed by atoms with E-state index >= 15 is 0 Å². The molecule has 0 spiro atoms. The highest BCUT2D eigenvalue weighted by atomic mass is 16.5. The second-order valence-corrected chi connectivity index (χ2v) is 9.89. The van der Waals surface area contributed by atoms with Gasteiger partial charge in [-0.15, -0.1) is 0 Å². The average Bonchev–Trinajstić information content (AvgIpc) is 2.69. The molecule has 0 aromatic heterocycles. The Morgan fingerprint density at radius 1 is 0.935 bits per heavy atom. The molecule has 0 saturated heterocycles. The molecule has 2 aromatic rings. The van der Waals surface area contributed by atoms with Crippen molar-refractivity contribution in [3.05, 3.63) is 64.7 Å². The molecule has 2 rings (SSSR count). The van der Waals surface area contributed by atoms with Crippen LogP contribution in [-0.4, -0.2) is 30.1 Å². The van der Waals surface area contributed by atoms with Gasteiger partial charge in [-0.25, -0.2) is 4.79 Å². The van der Waals surface area contributed by atoms with Crippen molar-refractivity contribution in [1.29, 1.82) is 0 Å². The zero-order valence-electron chi connectivity index (χ0n) is 19.5. The van der Waals surface area contributed by atoms with Gasteiger partial charge in [-0.05, 0) is 46.1 Å². The molecule has 168 valence electrons. The fourth-order valence-corrected chi connectivity index (χ4v) is 3.32. The number of hydrogen-bond acceptors (Lipinski definition) is 4. The van der Waals surface area contributed by atoms with Crippen LogP contribution in [0.15, 0.2) is 42.5 Å². The van der Waals surface area contributed by atoms with Gasteiger partial charge in [0.15, 0.2) is 0 Å². The molecule has 31 heavy (non-hydrogen) atoms. The highest BCUT2D eigenvalue weighted by Gasteiger charge is 2.26. The first kappa shape index (κ1) is 24.4. The Kier molecular flexibility index (Phi) is 7.88. The summed E-state index contributed by atoms with van der Waals surface area (Å²) in [5, 5.41) is 13.6. The summed E-state index contributed by atoms with van der Waals surface area (Å²) >= 11 is 0. The first-order chi connectivity index (χ1) is 14.4. The van der Waals surface area contributed by atoms with Gasteiger partial charge in [0.25, 0.3) is 0 Å². The Balaban J connectivity index is 1.92. The molecule has 0 heterocycles. The van der Waals surface area contributed by atoms with Crippen molar-refractivity contribution in [1.82, 2.24) is 5.32 Å². The highest BCUT2D eigenvalue weighted by Crippen LogP contribution is 2.39. The van der Waals surface area contributed by atoms with E-state index in [2.05, 4.69) is 46.9 Å². The summed E-state index contributed by atoms with van der Waals surface area (Å²) in [7, 11) is 0.